The van der Waals surface area contributed by atoms with E-state index in [-0.39, 0.29) is 6.42 Å². The Morgan fingerprint density at radius 3 is 2.00 bits per heavy atom. The van der Waals surface area contributed by atoms with Crippen LogP contribution in [0.25, 0.3) is 0 Å². The zero-order valence-electron chi connectivity index (χ0n) is 18.6. The van der Waals surface area contributed by atoms with Gasteiger partial charge in [-0.05, 0) is 54.8 Å². The molecule has 2 aromatic rings. The molecule has 2 aromatic carbocycles. The first kappa shape index (κ1) is 23.2. The Morgan fingerprint density at radius 2 is 1.44 bits per heavy atom. The molecule has 0 aliphatic heterocycles. The molecule has 0 saturated heterocycles. The highest BCUT2D eigenvalue weighted by molar-refractivity contribution is 5.79. The summed E-state index contributed by atoms with van der Waals surface area (Å²) in [6, 6.07) is 8.76. The zero-order chi connectivity index (χ0) is 23.4. The summed E-state index contributed by atoms with van der Waals surface area (Å²) in [5, 5.41) is 19.7. The van der Waals surface area contributed by atoms with Gasteiger partial charge in [0.25, 0.3) is 0 Å². The van der Waals surface area contributed by atoms with Crippen LogP contribution in [0.3, 0.4) is 0 Å². The molecule has 172 valence electrons. The van der Waals surface area contributed by atoms with Crippen LogP contribution >= 0.6 is 0 Å². The second-order valence-corrected chi connectivity index (χ2v) is 7.45. The smallest absolute Gasteiger partial charge is 0.308 e. The van der Waals surface area contributed by atoms with Crippen LogP contribution in [-0.2, 0) is 9.59 Å². The maximum atomic E-state index is 12.4. The molecule has 0 heterocycles. The number of carboxylic acids is 2. The maximum absolute atomic E-state index is 12.4. The second-order valence-electron chi connectivity index (χ2n) is 7.45. The van der Waals surface area contributed by atoms with Gasteiger partial charge in [-0.15, -0.1) is 0 Å². The van der Waals surface area contributed by atoms with Gasteiger partial charge in [0.1, 0.15) is 0 Å². The molecular weight excluding hydrogens is 416 g/mol. The van der Waals surface area contributed by atoms with Crippen LogP contribution in [0.15, 0.2) is 30.3 Å². The van der Waals surface area contributed by atoms with Crippen molar-refractivity contribution >= 4 is 11.9 Å². The molecular formula is C24H28O8. The number of benzene rings is 2. The van der Waals surface area contributed by atoms with Crippen LogP contribution < -0.4 is 18.9 Å². The predicted molar refractivity (Wildman–Crippen MR) is 116 cm³/mol. The van der Waals surface area contributed by atoms with Crippen LogP contribution in [0.4, 0.5) is 0 Å². The van der Waals surface area contributed by atoms with Crippen molar-refractivity contribution < 1.29 is 38.7 Å². The van der Waals surface area contributed by atoms with Crippen LogP contribution in [0.2, 0.25) is 0 Å². The summed E-state index contributed by atoms with van der Waals surface area (Å²) in [4.78, 5) is 24.1. The minimum absolute atomic E-state index is 0.313. The van der Waals surface area contributed by atoms with E-state index in [1.165, 1.54) is 14.2 Å². The molecule has 0 spiro atoms. The lowest BCUT2D eigenvalue weighted by molar-refractivity contribution is -0.143. The van der Waals surface area contributed by atoms with Gasteiger partial charge >= 0.3 is 11.9 Å². The van der Waals surface area contributed by atoms with Gasteiger partial charge in [-0.3, -0.25) is 9.59 Å². The van der Waals surface area contributed by atoms with Crippen LogP contribution in [0, 0.1) is 5.92 Å². The molecule has 32 heavy (non-hydrogen) atoms. The molecule has 1 aliphatic rings. The lowest BCUT2D eigenvalue weighted by atomic mass is 9.81. The summed E-state index contributed by atoms with van der Waals surface area (Å²) < 4.78 is 22.2. The molecule has 0 bridgehead atoms. The van der Waals surface area contributed by atoms with Crippen LogP contribution in [0.1, 0.15) is 48.8 Å². The van der Waals surface area contributed by atoms with E-state index < -0.39 is 29.7 Å². The molecule has 2 N–H and O–H groups in total. The Labute approximate surface area is 186 Å². The highest BCUT2D eigenvalue weighted by atomic mass is 16.5. The molecule has 8 nitrogen and oxygen atoms in total. The normalized spacial score (nSPS) is 19.2. The summed E-state index contributed by atoms with van der Waals surface area (Å²) in [6.07, 6.45) is -0.313. The molecule has 8 heteroatoms. The molecule has 1 aliphatic carbocycles. The van der Waals surface area contributed by atoms with Gasteiger partial charge in [-0.1, -0.05) is 6.07 Å². The lowest BCUT2D eigenvalue weighted by Crippen LogP contribution is -2.24. The second kappa shape index (κ2) is 9.80. The Hall–Kier alpha value is -3.42. The van der Waals surface area contributed by atoms with Crippen LogP contribution in [0.5, 0.6) is 23.0 Å². The van der Waals surface area contributed by atoms with Gasteiger partial charge in [0.15, 0.2) is 23.0 Å². The fourth-order valence-electron chi connectivity index (χ4n) is 4.51. The van der Waals surface area contributed by atoms with Crippen molar-refractivity contribution in [1.29, 1.82) is 0 Å². The summed E-state index contributed by atoms with van der Waals surface area (Å²) in [7, 11) is 3.03. The minimum Gasteiger partial charge on any atom is -0.493 e. The highest BCUT2D eigenvalue weighted by Crippen LogP contribution is 2.54. The van der Waals surface area contributed by atoms with E-state index in [1.807, 2.05) is 13.8 Å². The number of hydrogen-bond donors (Lipinski definition) is 2. The zero-order valence-corrected chi connectivity index (χ0v) is 18.6. The van der Waals surface area contributed by atoms with Crippen molar-refractivity contribution in [2.45, 2.75) is 32.1 Å². The first-order valence-corrected chi connectivity index (χ1v) is 10.5. The number of hydrogen-bond acceptors (Lipinski definition) is 6. The molecule has 0 unspecified atom stereocenters. The number of aliphatic carboxylic acids is 2. The van der Waals surface area contributed by atoms with E-state index in [1.54, 1.807) is 30.3 Å². The number of carboxylic acid groups (broad SMARTS) is 2. The summed E-state index contributed by atoms with van der Waals surface area (Å²) in [5.74, 6) is -2.48. The third-order valence-corrected chi connectivity index (χ3v) is 5.72. The quantitative estimate of drug-likeness (QED) is 0.567. The van der Waals surface area contributed by atoms with Gasteiger partial charge in [0, 0.05) is 11.8 Å². The fraction of sp³-hybridized carbons (Fsp3) is 0.417. The molecule has 3 atom stereocenters. The molecule has 0 aromatic heterocycles. The summed E-state index contributed by atoms with van der Waals surface area (Å²) in [6.45, 7) is 4.54. The predicted octanol–water partition coefficient (Wildman–Crippen LogP) is 3.91. The van der Waals surface area contributed by atoms with Crippen molar-refractivity contribution in [2.75, 3.05) is 27.4 Å². The van der Waals surface area contributed by atoms with Crippen molar-refractivity contribution in [3.05, 3.63) is 47.0 Å². The van der Waals surface area contributed by atoms with E-state index in [0.29, 0.717) is 52.9 Å². The van der Waals surface area contributed by atoms with E-state index in [9.17, 15) is 19.8 Å². The first-order valence-electron chi connectivity index (χ1n) is 10.5. The standard InChI is InChI=1S/C24H28O8/c1-5-31-17-8-7-13(9-18(17)29-3)22-15-11-19(30-4)20(32-6-2)10-14(15)16(12-21(25)26)23(22)24(27)28/h7-11,16,22-23H,5-6,12H2,1-4H3,(H,25,26)(H,27,28)/t16-,22-,23-/m1/s1. The number of methoxy groups -OCH3 is 2. The Bertz CT molecular complexity index is 1000. The van der Waals surface area contributed by atoms with Gasteiger partial charge in [0.05, 0.1) is 39.8 Å². The van der Waals surface area contributed by atoms with E-state index in [2.05, 4.69) is 0 Å². The van der Waals surface area contributed by atoms with Crippen molar-refractivity contribution in [3.8, 4) is 23.0 Å². The maximum Gasteiger partial charge on any atom is 0.308 e. The SMILES string of the molecule is CCOc1ccc([C@@H]2c3cc(OC)c(OCC)cc3[C@@H](CC(=O)O)[C@H]2C(=O)O)cc1OC. The average molecular weight is 444 g/mol. The lowest BCUT2D eigenvalue weighted by Gasteiger charge is -2.22. The molecule has 0 amide bonds. The Kier molecular flexibility index (Phi) is 7.12. The van der Waals surface area contributed by atoms with Crippen molar-refractivity contribution in [2.24, 2.45) is 5.92 Å². The minimum atomic E-state index is -1.07. The molecule has 0 saturated carbocycles. The van der Waals surface area contributed by atoms with E-state index in [0.717, 1.165) is 0 Å². The summed E-state index contributed by atoms with van der Waals surface area (Å²) in [5.41, 5.74) is 2.04. The molecule has 0 radical (unpaired) electrons. The first-order chi connectivity index (χ1) is 15.4. The Balaban J connectivity index is 2.23. The van der Waals surface area contributed by atoms with Crippen molar-refractivity contribution in [3.63, 3.8) is 0 Å². The van der Waals surface area contributed by atoms with Gasteiger partial charge < -0.3 is 29.2 Å². The molecule has 3 rings (SSSR count). The highest BCUT2D eigenvalue weighted by Gasteiger charge is 2.47. The number of ether oxygens (including phenoxy) is 4. The largest absolute Gasteiger partial charge is 0.493 e. The number of carbonyl (C=O) groups is 2. The van der Waals surface area contributed by atoms with Crippen molar-refractivity contribution in [1.82, 2.24) is 0 Å². The number of fused-ring (bicyclic) bond motifs is 1. The third-order valence-electron chi connectivity index (χ3n) is 5.72. The Morgan fingerprint density at radius 1 is 0.844 bits per heavy atom. The average Bonchev–Trinajstić information content (AvgIpc) is 3.06. The van der Waals surface area contributed by atoms with E-state index >= 15 is 0 Å². The van der Waals surface area contributed by atoms with E-state index in [4.69, 9.17) is 18.9 Å². The third kappa shape index (κ3) is 4.30. The molecule has 0 fully saturated rings. The van der Waals surface area contributed by atoms with Gasteiger partial charge in [-0.25, -0.2) is 0 Å². The fourth-order valence-corrected chi connectivity index (χ4v) is 4.51. The topological polar surface area (TPSA) is 112 Å². The summed E-state index contributed by atoms with van der Waals surface area (Å²) >= 11 is 0. The van der Waals surface area contributed by atoms with Gasteiger partial charge in [-0.2, -0.15) is 0 Å². The number of rotatable bonds is 10. The monoisotopic (exact) mass is 444 g/mol. The van der Waals surface area contributed by atoms with Gasteiger partial charge in [0.2, 0.25) is 0 Å². The van der Waals surface area contributed by atoms with Crippen LogP contribution in [-0.4, -0.2) is 49.6 Å².